The molecule has 0 saturated carbocycles. The van der Waals surface area contributed by atoms with Crippen LogP contribution in [0.2, 0.25) is 0 Å². The van der Waals surface area contributed by atoms with Crippen molar-refractivity contribution in [3.63, 3.8) is 0 Å². The zero-order chi connectivity index (χ0) is 14.3. The molecule has 0 heterocycles. The summed E-state index contributed by atoms with van der Waals surface area (Å²) in [6.07, 6.45) is 0.983. The van der Waals surface area contributed by atoms with E-state index >= 15 is 0 Å². The van der Waals surface area contributed by atoms with Crippen molar-refractivity contribution in [2.75, 3.05) is 24.7 Å². The van der Waals surface area contributed by atoms with Crippen LogP contribution in [0.4, 0.5) is 4.39 Å². The first kappa shape index (κ1) is 15.9. The Bertz CT molecular complexity index is 503. The summed E-state index contributed by atoms with van der Waals surface area (Å²) in [5.74, 6) is 0.265. The minimum atomic E-state index is -2.97. The van der Waals surface area contributed by atoms with Crippen LogP contribution >= 0.6 is 0 Å². The molecule has 0 radical (unpaired) electrons. The molecular formula is C13H20FNO3S. The monoisotopic (exact) mass is 289 g/mol. The number of sulfone groups is 1. The maximum Gasteiger partial charge on any atom is 0.150 e. The Hall–Kier alpha value is -1.14. The fourth-order valence-electron chi connectivity index (χ4n) is 1.63. The molecule has 0 amide bonds. The van der Waals surface area contributed by atoms with Crippen molar-refractivity contribution in [2.45, 2.75) is 19.8 Å². The summed E-state index contributed by atoms with van der Waals surface area (Å²) in [5.41, 5.74) is 6.19. The van der Waals surface area contributed by atoms with Crippen LogP contribution in [0.15, 0.2) is 18.2 Å². The van der Waals surface area contributed by atoms with Crippen LogP contribution in [0, 0.1) is 5.82 Å². The van der Waals surface area contributed by atoms with E-state index < -0.39 is 9.84 Å². The molecule has 2 N–H and O–H groups in total. The van der Waals surface area contributed by atoms with Crippen molar-refractivity contribution in [2.24, 2.45) is 5.73 Å². The van der Waals surface area contributed by atoms with Crippen molar-refractivity contribution >= 4 is 9.84 Å². The molecule has 0 bridgehead atoms. The third kappa shape index (κ3) is 6.02. The van der Waals surface area contributed by atoms with Crippen molar-refractivity contribution in [1.29, 1.82) is 0 Å². The van der Waals surface area contributed by atoms with E-state index in [0.29, 0.717) is 25.1 Å². The third-order valence-electron chi connectivity index (χ3n) is 2.67. The summed E-state index contributed by atoms with van der Waals surface area (Å²) in [6, 6.07) is 4.43. The van der Waals surface area contributed by atoms with Gasteiger partial charge in [0.15, 0.2) is 0 Å². The van der Waals surface area contributed by atoms with Gasteiger partial charge in [0.25, 0.3) is 0 Å². The summed E-state index contributed by atoms with van der Waals surface area (Å²) in [7, 11) is -2.97. The maximum absolute atomic E-state index is 13.3. The predicted molar refractivity (Wildman–Crippen MR) is 73.6 cm³/mol. The van der Waals surface area contributed by atoms with Gasteiger partial charge < -0.3 is 10.5 Å². The van der Waals surface area contributed by atoms with Crippen LogP contribution < -0.4 is 10.5 Å². The molecule has 0 aromatic heterocycles. The number of nitrogens with two attached hydrogens (primary N) is 1. The maximum atomic E-state index is 13.3. The molecule has 1 rings (SSSR count). The van der Waals surface area contributed by atoms with E-state index in [1.807, 2.05) is 0 Å². The highest BCUT2D eigenvalue weighted by Crippen LogP contribution is 2.17. The Balaban J connectivity index is 2.49. The fraction of sp³-hybridized carbons (Fsp3) is 0.538. The molecular weight excluding hydrogens is 269 g/mol. The summed E-state index contributed by atoms with van der Waals surface area (Å²) >= 11 is 0. The van der Waals surface area contributed by atoms with Gasteiger partial charge in [-0.15, -0.1) is 0 Å². The molecule has 0 fully saturated rings. The van der Waals surface area contributed by atoms with Gasteiger partial charge >= 0.3 is 0 Å². The molecule has 6 heteroatoms. The second-order valence-electron chi connectivity index (χ2n) is 4.27. The van der Waals surface area contributed by atoms with E-state index in [1.54, 1.807) is 13.0 Å². The first-order valence-corrected chi connectivity index (χ1v) is 8.11. The number of benzene rings is 1. The van der Waals surface area contributed by atoms with Gasteiger partial charge in [-0.25, -0.2) is 12.8 Å². The minimum Gasteiger partial charge on any atom is -0.493 e. The Morgan fingerprint density at radius 1 is 1.32 bits per heavy atom. The molecule has 0 spiro atoms. The van der Waals surface area contributed by atoms with Crippen LogP contribution in [0.3, 0.4) is 0 Å². The van der Waals surface area contributed by atoms with Gasteiger partial charge in [-0.1, -0.05) is 6.92 Å². The second kappa shape index (κ2) is 7.45. The summed E-state index contributed by atoms with van der Waals surface area (Å²) in [5, 5.41) is 0. The lowest BCUT2D eigenvalue weighted by Crippen LogP contribution is -2.12. The van der Waals surface area contributed by atoms with Gasteiger partial charge in [0.05, 0.1) is 12.4 Å². The van der Waals surface area contributed by atoms with Gasteiger partial charge in [0.2, 0.25) is 0 Å². The molecule has 108 valence electrons. The highest BCUT2D eigenvalue weighted by atomic mass is 32.2. The van der Waals surface area contributed by atoms with Crippen LogP contribution in [0.1, 0.15) is 18.9 Å². The lowest BCUT2D eigenvalue weighted by atomic mass is 10.1. The molecule has 0 atom stereocenters. The average Bonchev–Trinajstić information content (AvgIpc) is 2.34. The van der Waals surface area contributed by atoms with E-state index in [4.69, 9.17) is 10.5 Å². The highest BCUT2D eigenvalue weighted by molar-refractivity contribution is 7.91. The fourth-order valence-corrected chi connectivity index (χ4v) is 2.47. The molecule has 0 saturated heterocycles. The molecule has 1 aromatic carbocycles. The molecule has 0 unspecified atom stereocenters. The molecule has 0 aliphatic heterocycles. The van der Waals surface area contributed by atoms with Gasteiger partial charge in [0.1, 0.15) is 21.4 Å². The number of hydrogen-bond acceptors (Lipinski definition) is 4. The first-order chi connectivity index (χ1) is 8.96. The SMILES string of the molecule is CCS(=O)(=O)CCCOc1cc(F)cc(CCN)c1. The number of hydrogen-bond donors (Lipinski definition) is 1. The van der Waals surface area contributed by atoms with E-state index in [9.17, 15) is 12.8 Å². The van der Waals surface area contributed by atoms with Crippen molar-refractivity contribution in [3.05, 3.63) is 29.6 Å². The molecule has 4 nitrogen and oxygen atoms in total. The van der Waals surface area contributed by atoms with E-state index in [2.05, 4.69) is 0 Å². The van der Waals surface area contributed by atoms with E-state index in [-0.39, 0.29) is 23.9 Å². The van der Waals surface area contributed by atoms with Crippen molar-refractivity contribution < 1.29 is 17.5 Å². The van der Waals surface area contributed by atoms with Crippen molar-refractivity contribution in [1.82, 2.24) is 0 Å². The zero-order valence-corrected chi connectivity index (χ0v) is 11.9. The Labute approximate surface area is 113 Å². The van der Waals surface area contributed by atoms with Gasteiger partial charge in [0, 0.05) is 11.8 Å². The Kier molecular flexibility index (Phi) is 6.24. The summed E-state index contributed by atoms with van der Waals surface area (Å²) in [6.45, 7) is 2.31. The lowest BCUT2D eigenvalue weighted by molar-refractivity contribution is 0.315. The Morgan fingerprint density at radius 3 is 2.68 bits per heavy atom. The number of rotatable bonds is 8. The molecule has 0 aliphatic carbocycles. The molecule has 19 heavy (non-hydrogen) atoms. The van der Waals surface area contributed by atoms with Crippen LogP contribution in [0.25, 0.3) is 0 Å². The van der Waals surface area contributed by atoms with Crippen LogP contribution in [0.5, 0.6) is 5.75 Å². The highest BCUT2D eigenvalue weighted by Gasteiger charge is 2.07. The van der Waals surface area contributed by atoms with Crippen LogP contribution in [-0.4, -0.2) is 33.1 Å². The third-order valence-corrected chi connectivity index (χ3v) is 4.46. The predicted octanol–water partition coefficient (Wildman–Crippen LogP) is 1.53. The zero-order valence-electron chi connectivity index (χ0n) is 11.1. The Morgan fingerprint density at radius 2 is 2.05 bits per heavy atom. The van der Waals surface area contributed by atoms with Crippen molar-refractivity contribution in [3.8, 4) is 5.75 Å². The van der Waals surface area contributed by atoms with Gasteiger partial charge in [-0.05, 0) is 37.1 Å². The lowest BCUT2D eigenvalue weighted by Gasteiger charge is -2.08. The molecule has 1 aromatic rings. The first-order valence-electron chi connectivity index (χ1n) is 6.29. The number of halogens is 1. The standard InChI is InChI=1S/C13H20FNO3S/c1-2-19(16,17)7-3-6-18-13-9-11(4-5-15)8-12(14)10-13/h8-10H,2-7,15H2,1H3. The van der Waals surface area contributed by atoms with E-state index in [0.717, 1.165) is 5.56 Å². The normalized spacial score (nSPS) is 11.5. The minimum absolute atomic E-state index is 0.0917. The number of ether oxygens (including phenoxy) is 1. The quantitative estimate of drug-likeness (QED) is 0.737. The summed E-state index contributed by atoms with van der Waals surface area (Å²) in [4.78, 5) is 0. The smallest absolute Gasteiger partial charge is 0.150 e. The summed E-state index contributed by atoms with van der Waals surface area (Å²) < 4.78 is 41.2. The second-order valence-corrected chi connectivity index (χ2v) is 6.74. The van der Waals surface area contributed by atoms with Gasteiger partial charge in [-0.2, -0.15) is 0 Å². The largest absolute Gasteiger partial charge is 0.493 e. The van der Waals surface area contributed by atoms with Crippen LogP contribution in [-0.2, 0) is 16.3 Å². The molecule has 0 aliphatic rings. The van der Waals surface area contributed by atoms with Gasteiger partial charge in [-0.3, -0.25) is 0 Å². The van der Waals surface area contributed by atoms with E-state index in [1.165, 1.54) is 12.1 Å². The topological polar surface area (TPSA) is 69.4 Å². The average molecular weight is 289 g/mol.